The molecule has 2 N–H and O–H groups in total. The molecule has 0 radical (unpaired) electrons. The Balaban J connectivity index is 1.87. The normalized spacial score (nSPS) is 21.7. The summed E-state index contributed by atoms with van der Waals surface area (Å²) in [5.74, 6) is -0.122. The average Bonchev–Trinajstić information content (AvgIpc) is 2.68. The van der Waals surface area contributed by atoms with Crippen LogP contribution in [0.15, 0.2) is 0 Å². The number of hydrogen-bond acceptors (Lipinski definition) is 4. The van der Waals surface area contributed by atoms with Crippen molar-refractivity contribution < 1.29 is 14.4 Å². The van der Waals surface area contributed by atoms with Gasteiger partial charge < -0.3 is 10.2 Å². The van der Waals surface area contributed by atoms with E-state index in [4.69, 9.17) is 0 Å². The van der Waals surface area contributed by atoms with E-state index in [1.807, 2.05) is 18.7 Å². The zero-order valence-corrected chi connectivity index (χ0v) is 12.1. The van der Waals surface area contributed by atoms with Crippen molar-refractivity contribution in [1.82, 2.24) is 20.4 Å². The topological polar surface area (TPSA) is 81.8 Å². The molecule has 0 aromatic heterocycles. The predicted octanol–water partition coefficient (Wildman–Crippen LogP) is -0.471. The lowest BCUT2D eigenvalue weighted by Crippen LogP contribution is -2.56. The molecule has 0 aliphatic carbocycles. The first-order valence-corrected chi connectivity index (χ1v) is 7.14. The zero-order valence-electron chi connectivity index (χ0n) is 12.1. The quantitative estimate of drug-likeness (QED) is 0.683. The monoisotopic (exact) mass is 282 g/mol. The van der Waals surface area contributed by atoms with Gasteiger partial charge in [0.1, 0.15) is 5.54 Å². The standard InChI is InChI=1S/C13H22N4O3/c1-3-17(4-2)10(18)9-16-7-5-13(6-8-16)11(19)14-12(20)15-13/h3-9H2,1-2H3,(H2,14,15,19,20). The third-order valence-corrected chi connectivity index (χ3v) is 4.20. The summed E-state index contributed by atoms with van der Waals surface area (Å²) in [5.41, 5.74) is -0.758. The number of hydrogen-bond donors (Lipinski definition) is 2. The highest BCUT2D eigenvalue weighted by atomic mass is 16.2. The summed E-state index contributed by atoms with van der Waals surface area (Å²) in [5, 5.41) is 5.00. The van der Waals surface area contributed by atoms with Crippen LogP contribution in [0, 0.1) is 0 Å². The first kappa shape index (κ1) is 14.8. The Kier molecular flexibility index (Phi) is 4.27. The molecule has 0 aromatic carbocycles. The Labute approximate surface area is 118 Å². The van der Waals surface area contributed by atoms with Crippen molar-refractivity contribution in [2.24, 2.45) is 0 Å². The minimum absolute atomic E-state index is 0.117. The van der Waals surface area contributed by atoms with Crippen LogP contribution in [0.4, 0.5) is 4.79 Å². The van der Waals surface area contributed by atoms with Crippen LogP contribution in [0.25, 0.3) is 0 Å². The number of urea groups is 1. The molecule has 2 aliphatic rings. The van der Waals surface area contributed by atoms with Crippen LogP contribution in [0.2, 0.25) is 0 Å². The van der Waals surface area contributed by atoms with Crippen molar-refractivity contribution in [3.8, 4) is 0 Å². The molecule has 0 saturated carbocycles. The van der Waals surface area contributed by atoms with Crippen LogP contribution < -0.4 is 10.6 Å². The van der Waals surface area contributed by atoms with E-state index in [-0.39, 0.29) is 11.8 Å². The Hall–Kier alpha value is -1.63. The number of rotatable bonds is 4. The highest BCUT2D eigenvalue weighted by molar-refractivity contribution is 6.07. The van der Waals surface area contributed by atoms with Crippen LogP contribution in [0.1, 0.15) is 26.7 Å². The second-order valence-electron chi connectivity index (χ2n) is 5.33. The number of likely N-dealkylation sites (N-methyl/N-ethyl adjacent to an activating group) is 1. The highest BCUT2D eigenvalue weighted by Crippen LogP contribution is 2.25. The molecule has 0 unspecified atom stereocenters. The number of imide groups is 1. The van der Waals surface area contributed by atoms with Crippen molar-refractivity contribution >= 4 is 17.8 Å². The van der Waals surface area contributed by atoms with Crippen LogP contribution >= 0.6 is 0 Å². The maximum Gasteiger partial charge on any atom is 0.322 e. The maximum absolute atomic E-state index is 12.0. The van der Waals surface area contributed by atoms with E-state index in [2.05, 4.69) is 10.6 Å². The minimum atomic E-state index is -0.758. The largest absolute Gasteiger partial charge is 0.342 e. The van der Waals surface area contributed by atoms with Crippen molar-refractivity contribution in [3.63, 3.8) is 0 Å². The average molecular weight is 282 g/mol. The van der Waals surface area contributed by atoms with Crippen molar-refractivity contribution in [1.29, 1.82) is 0 Å². The molecule has 0 atom stereocenters. The van der Waals surface area contributed by atoms with Gasteiger partial charge in [0.15, 0.2) is 0 Å². The Morgan fingerprint density at radius 1 is 1.25 bits per heavy atom. The van der Waals surface area contributed by atoms with Gasteiger partial charge in [-0.3, -0.25) is 19.8 Å². The number of carbonyl (C=O) groups excluding carboxylic acids is 3. The van der Waals surface area contributed by atoms with E-state index in [0.717, 1.165) is 0 Å². The van der Waals surface area contributed by atoms with E-state index in [9.17, 15) is 14.4 Å². The van der Waals surface area contributed by atoms with Gasteiger partial charge in [-0.25, -0.2) is 4.79 Å². The lowest BCUT2D eigenvalue weighted by molar-refractivity contribution is -0.132. The van der Waals surface area contributed by atoms with Crippen LogP contribution in [0.3, 0.4) is 0 Å². The van der Waals surface area contributed by atoms with Crippen LogP contribution in [-0.2, 0) is 9.59 Å². The zero-order chi connectivity index (χ0) is 14.8. The molecule has 2 fully saturated rings. The number of nitrogens with one attached hydrogen (secondary N) is 2. The van der Waals surface area contributed by atoms with Crippen molar-refractivity contribution in [2.75, 3.05) is 32.7 Å². The fraction of sp³-hybridized carbons (Fsp3) is 0.769. The van der Waals surface area contributed by atoms with Gasteiger partial charge in [-0.1, -0.05) is 0 Å². The lowest BCUT2D eigenvalue weighted by atomic mass is 9.88. The highest BCUT2D eigenvalue weighted by Gasteiger charge is 2.47. The van der Waals surface area contributed by atoms with Gasteiger partial charge in [-0.2, -0.15) is 0 Å². The first-order chi connectivity index (χ1) is 9.50. The number of piperidine rings is 1. The summed E-state index contributed by atoms with van der Waals surface area (Å²) in [6.45, 7) is 7.02. The molecule has 112 valence electrons. The third kappa shape index (κ3) is 2.77. The Morgan fingerprint density at radius 3 is 2.30 bits per heavy atom. The fourth-order valence-corrected chi connectivity index (χ4v) is 2.84. The van der Waals surface area contributed by atoms with Gasteiger partial charge in [0.25, 0.3) is 5.91 Å². The van der Waals surface area contributed by atoms with Gasteiger partial charge in [-0.05, 0) is 26.7 Å². The molecule has 2 aliphatic heterocycles. The van der Waals surface area contributed by atoms with E-state index < -0.39 is 11.6 Å². The van der Waals surface area contributed by atoms with Gasteiger partial charge >= 0.3 is 6.03 Å². The molecular formula is C13H22N4O3. The third-order valence-electron chi connectivity index (χ3n) is 4.20. The number of amides is 4. The fourth-order valence-electron chi connectivity index (χ4n) is 2.84. The molecular weight excluding hydrogens is 260 g/mol. The molecule has 7 nitrogen and oxygen atoms in total. The van der Waals surface area contributed by atoms with Crippen LogP contribution in [-0.4, -0.2) is 65.9 Å². The number of carbonyl (C=O) groups is 3. The summed E-state index contributed by atoms with van der Waals surface area (Å²) in [6.07, 6.45) is 1.10. The number of likely N-dealkylation sites (tertiary alicyclic amines) is 1. The molecule has 0 bridgehead atoms. The molecule has 2 heterocycles. The van der Waals surface area contributed by atoms with Gasteiger partial charge in [0, 0.05) is 26.2 Å². The second-order valence-corrected chi connectivity index (χ2v) is 5.33. The lowest BCUT2D eigenvalue weighted by Gasteiger charge is -2.37. The van der Waals surface area contributed by atoms with Crippen molar-refractivity contribution in [2.45, 2.75) is 32.2 Å². The summed E-state index contributed by atoms with van der Waals surface area (Å²) in [7, 11) is 0. The molecule has 7 heteroatoms. The van der Waals surface area contributed by atoms with E-state index in [1.54, 1.807) is 4.90 Å². The molecule has 2 rings (SSSR count). The van der Waals surface area contributed by atoms with E-state index in [1.165, 1.54) is 0 Å². The van der Waals surface area contributed by atoms with Crippen LogP contribution in [0.5, 0.6) is 0 Å². The van der Waals surface area contributed by atoms with Gasteiger partial charge in [0.05, 0.1) is 6.54 Å². The maximum atomic E-state index is 12.0. The van der Waals surface area contributed by atoms with Gasteiger partial charge in [0.2, 0.25) is 5.91 Å². The molecule has 0 aromatic rings. The summed E-state index contributed by atoms with van der Waals surface area (Å²) in [6, 6.07) is -0.414. The van der Waals surface area contributed by atoms with Crippen molar-refractivity contribution in [3.05, 3.63) is 0 Å². The number of nitrogens with zero attached hydrogens (tertiary/aromatic N) is 2. The van der Waals surface area contributed by atoms with Gasteiger partial charge in [-0.15, -0.1) is 0 Å². The molecule has 1 spiro atoms. The molecule has 20 heavy (non-hydrogen) atoms. The van der Waals surface area contributed by atoms with E-state index >= 15 is 0 Å². The minimum Gasteiger partial charge on any atom is -0.342 e. The molecule has 2 saturated heterocycles. The summed E-state index contributed by atoms with van der Waals surface area (Å²) in [4.78, 5) is 38.9. The SMILES string of the molecule is CCN(CC)C(=O)CN1CCC2(CC1)NC(=O)NC2=O. The molecule has 4 amide bonds. The summed E-state index contributed by atoms with van der Waals surface area (Å²) < 4.78 is 0. The Bertz CT molecular complexity index is 412. The van der Waals surface area contributed by atoms with E-state index in [0.29, 0.717) is 45.6 Å². The smallest absolute Gasteiger partial charge is 0.322 e. The first-order valence-electron chi connectivity index (χ1n) is 7.14. The Morgan fingerprint density at radius 2 is 1.85 bits per heavy atom. The predicted molar refractivity (Wildman–Crippen MR) is 73.0 cm³/mol. The summed E-state index contributed by atoms with van der Waals surface area (Å²) >= 11 is 0. The second kappa shape index (κ2) is 5.78.